The molecule has 486 valence electrons. The average molecular weight is 1280 g/mol. The van der Waals surface area contributed by atoms with Gasteiger partial charge in [-0.2, -0.15) is 25.3 Å². The number of nitrogens with zero attached hydrogens (tertiary/aromatic N) is 1. The fourth-order valence-electron chi connectivity index (χ4n) is 9.08. The fraction of sp³-hybridized carbons (Fsp3) is 0.554. The molecule has 0 radical (unpaired) electrons. The number of aliphatic hydroxyl groups excluding tert-OH is 1. The smallest absolute Gasteiger partial charge is 0.326 e. The summed E-state index contributed by atoms with van der Waals surface area (Å²) >= 11 is 8.32. The third kappa shape index (κ3) is 24.1. The lowest BCUT2D eigenvalue weighted by atomic mass is 10.0. The van der Waals surface area contributed by atoms with Crippen LogP contribution in [-0.2, 0) is 75.2 Å². The summed E-state index contributed by atoms with van der Waals surface area (Å²) in [5.41, 5.74) is 6.78. The lowest BCUT2D eigenvalue weighted by Gasteiger charge is -2.29. The van der Waals surface area contributed by atoms with Crippen molar-refractivity contribution < 1.29 is 93.0 Å². The first-order valence-corrected chi connectivity index (χ1v) is 29.4. The van der Waals surface area contributed by atoms with Crippen molar-refractivity contribution in [3.63, 3.8) is 0 Å². The van der Waals surface area contributed by atoms with Crippen molar-refractivity contribution in [2.45, 2.75) is 165 Å². The number of aliphatic carboxylic acids is 3. The normalized spacial score (nSPS) is 16.7. The highest BCUT2D eigenvalue weighted by atomic mass is 32.1. The van der Waals surface area contributed by atoms with E-state index < -0.39 is 168 Å². The van der Waals surface area contributed by atoms with E-state index in [4.69, 9.17) is 10.8 Å². The number of rotatable bonds is 35. The number of amides is 10. The summed E-state index contributed by atoms with van der Waals surface area (Å²) in [6, 6.07) is -6.21. The number of likely N-dealkylation sites (tertiary alicyclic amines) is 1. The van der Waals surface area contributed by atoms with Crippen molar-refractivity contribution in [2.75, 3.05) is 18.1 Å². The molecule has 1 saturated heterocycles. The lowest BCUT2D eigenvalue weighted by molar-refractivity contribution is -0.147. The average Bonchev–Trinajstić information content (AvgIpc) is 4.04. The molecule has 2 aromatic rings. The van der Waals surface area contributed by atoms with Crippen LogP contribution in [0.25, 0.3) is 0 Å². The van der Waals surface area contributed by atoms with E-state index in [9.17, 15) is 87.9 Å². The molecular formula is C56H81N11O19S2. The summed E-state index contributed by atoms with van der Waals surface area (Å²) in [5.74, 6) is -16.0. The number of carbonyl (C=O) groups excluding carboxylic acids is 10. The summed E-state index contributed by atoms with van der Waals surface area (Å²) in [7, 11) is 0. The molecule has 0 bridgehead atoms. The molecule has 0 unspecified atom stereocenters. The highest BCUT2D eigenvalue weighted by Crippen LogP contribution is 2.21. The van der Waals surface area contributed by atoms with Crippen molar-refractivity contribution >= 4 is 102 Å². The van der Waals surface area contributed by atoms with Crippen LogP contribution < -0.4 is 53.6 Å². The van der Waals surface area contributed by atoms with E-state index in [1.54, 1.807) is 13.8 Å². The molecule has 2 aromatic carbocycles. The molecule has 1 heterocycles. The van der Waals surface area contributed by atoms with Gasteiger partial charge in [-0.1, -0.05) is 52.0 Å². The van der Waals surface area contributed by atoms with Crippen molar-refractivity contribution in [3.8, 4) is 11.5 Å². The maximum atomic E-state index is 14.5. The maximum Gasteiger partial charge on any atom is 0.326 e. The predicted octanol–water partition coefficient (Wildman–Crippen LogP) is -3.05. The Morgan fingerprint density at radius 2 is 0.909 bits per heavy atom. The minimum absolute atomic E-state index is 0.0722. The minimum Gasteiger partial charge on any atom is -0.508 e. The first kappa shape index (κ1) is 74.0. The van der Waals surface area contributed by atoms with Gasteiger partial charge in [0, 0.05) is 30.9 Å². The summed E-state index contributed by atoms with van der Waals surface area (Å²) in [5, 5.41) is 80.4. The highest BCUT2D eigenvalue weighted by Gasteiger charge is 2.40. The minimum atomic E-state index is -1.92. The predicted molar refractivity (Wildman–Crippen MR) is 320 cm³/mol. The van der Waals surface area contributed by atoms with Crippen LogP contribution in [0.15, 0.2) is 48.5 Å². The van der Waals surface area contributed by atoms with Gasteiger partial charge in [-0.15, -0.1) is 0 Å². The zero-order valence-corrected chi connectivity index (χ0v) is 51.2. The van der Waals surface area contributed by atoms with Crippen LogP contribution in [0.4, 0.5) is 0 Å². The number of phenolic OH excluding ortho intramolecular Hbond substituents is 2. The van der Waals surface area contributed by atoms with E-state index in [1.807, 2.05) is 13.8 Å². The zero-order chi connectivity index (χ0) is 66.3. The monoisotopic (exact) mass is 1280 g/mol. The van der Waals surface area contributed by atoms with Gasteiger partial charge in [0.25, 0.3) is 0 Å². The number of nitrogens with two attached hydrogens (primary N) is 1. The third-order valence-electron chi connectivity index (χ3n) is 13.7. The second kappa shape index (κ2) is 35.5. The molecule has 30 nitrogen and oxygen atoms in total. The van der Waals surface area contributed by atoms with Gasteiger partial charge in [-0.3, -0.25) is 57.5 Å². The Morgan fingerprint density at radius 1 is 0.511 bits per heavy atom. The third-order valence-corrected chi connectivity index (χ3v) is 14.4. The van der Waals surface area contributed by atoms with Gasteiger partial charge in [0.05, 0.1) is 25.0 Å². The Labute approximate surface area is 518 Å². The van der Waals surface area contributed by atoms with Gasteiger partial charge in [0.15, 0.2) is 0 Å². The molecule has 17 N–H and O–H groups in total. The molecule has 10 amide bonds. The highest BCUT2D eigenvalue weighted by molar-refractivity contribution is 7.80. The number of aromatic hydroxyl groups is 2. The molecule has 1 aliphatic heterocycles. The molecule has 1 fully saturated rings. The zero-order valence-electron chi connectivity index (χ0n) is 49.4. The van der Waals surface area contributed by atoms with Crippen LogP contribution in [0.1, 0.15) is 91.2 Å². The summed E-state index contributed by atoms with van der Waals surface area (Å²) in [6.45, 7) is 9.61. The number of phenols is 2. The molecule has 32 heteroatoms. The Morgan fingerprint density at radius 3 is 1.36 bits per heavy atom. The summed E-state index contributed by atoms with van der Waals surface area (Å²) in [6.07, 6.45) is -3.47. The molecule has 3 rings (SSSR count). The Hall–Kier alpha value is -8.23. The van der Waals surface area contributed by atoms with E-state index in [1.165, 1.54) is 60.4 Å². The first-order valence-electron chi connectivity index (χ1n) is 28.2. The number of nitrogens with one attached hydrogen (secondary N) is 9. The van der Waals surface area contributed by atoms with Crippen LogP contribution in [0.3, 0.4) is 0 Å². The van der Waals surface area contributed by atoms with Gasteiger partial charge in [-0.05, 0) is 86.8 Å². The van der Waals surface area contributed by atoms with Gasteiger partial charge in [0.1, 0.15) is 71.9 Å². The topological polar surface area (TPSA) is 481 Å². The van der Waals surface area contributed by atoms with E-state index in [0.717, 1.165) is 6.92 Å². The number of benzene rings is 2. The van der Waals surface area contributed by atoms with E-state index in [-0.39, 0.29) is 61.3 Å². The van der Waals surface area contributed by atoms with Crippen molar-refractivity contribution in [2.24, 2.45) is 17.6 Å². The summed E-state index contributed by atoms with van der Waals surface area (Å²) in [4.78, 5) is 174. The van der Waals surface area contributed by atoms with Gasteiger partial charge >= 0.3 is 17.9 Å². The molecule has 1 aliphatic rings. The van der Waals surface area contributed by atoms with Crippen molar-refractivity contribution in [1.29, 1.82) is 0 Å². The molecule has 0 saturated carbocycles. The van der Waals surface area contributed by atoms with E-state index >= 15 is 0 Å². The molecule has 0 aliphatic carbocycles. The second-order valence-electron chi connectivity index (χ2n) is 22.1. The van der Waals surface area contributed by atoms with Crippen molar-refractivity contribution in [1.82, 2.24) is 52.8 Å². The lowest BCUT2D eigenvalue weighted by Crippen LogP contribution is -2.62. The number of carboxylic acid groups (broad SMARTS) is 3. The number of aliphatic hydroxyl groups is 1. The maximum absolute atomic E-state index is 14.5. The SMILES string of the molecule is CC(C)C[C@H](NC(=O)[C@H](CS)NC(=O)[C@@H](NC(=O)[C@@H](C)NC(=O)[C@H](Cc1ccc(O)cc1)NC(=O)[C@H](Cc1ccc(O)cc1)NC(=O)[C@H](CC(=O)O)NC(=O)[C@H](CS)NC(=O)[C@@H]1CCCN1C(=O)[C@@H](N)CC(C)C)[C@@H](C)O)C(=O)N[C@@H](CC(=O)O)C(=O)O. The van der Waals surface area contributed by atoms with Crippen molar-refractivity contribution in [3.05, 3.63) is 59.7 Å². The number of hydrogen-bond acceptors (Lipinski definition) is 19. The number of carboxylic acids is 3. The number of thiol groups is 2. The quantitative estimate of drug-likeness (QED) is 0.0305. The largest absolute Gasteiger partial charge is 0.508 e. The molecule has 88 heavy (non-hydrogen) atoms. The number of carbonyl (C=O) groups is 13. The van der Waals surface area contributed by atoms with Gasteiger partial charge in [-0.25, -0.2) is 4.79 Å². The standard InChI is InChI=1S/C56H81N11O19S2/c1-26(2)18-34(57)55(84)67-17-7-8-42(67)53(82)64-40(24-87)51(80)62-38(22-43(71)72)50(79)61-37(21-31-11-15-33(70)16-12-31)49(78)60-36(20-30-9-13-32(69)14-10-30)47(76)58-28(5)46(75)66-45(29(6)68)54(83)65-41(25-88)52(81)59-35(19-27(3)4)48(77)63-39(56(85)86)23-44(73)74/h9-16,26-29,34-42,45,68-70,87-88H,7-8,17-25,57H2,1-6H3,(H,58,76)(H,59,81)(H,60,78)(H,61,79)(H,62,80)(H,63,77)(H,64,82)(H,65,83)(H,66,75)(H,71,72)(H,73,74)(H,85,86)/t28-,29-,34+,35+,36+,37+,38+,39+,40+,41+,42+,45+/m1/s1. The van der Waals surface area contributed by atoms with Crippen LogP contribution >= 0.6 is 25.3 Å². The second-order valence-corrected chi connectivity index (χ2v) is 22.8. The van der Waals surface area contributed by atoms with Crippen LogP contribution in [0.2, 0.25) is 0 Å². The Bertz CT molecular complexity index is 2810. The molecular weight excluding hydrogens is 1190 g/mol. The Balaban J connectivity index is 1.88. The van der Waals surface area contributed by atoms with Crippen LogP contribution in [0.5, 0.6) is 11.5 Å². The van der Waals surface area contributed by atoms with Gasteiger partial charge < -0.3 is 89.1 Å². The summed E-state index contributed by atoms with van der Waals surface area (Å²) < 4.78 is 0. The number of hydrogen-bond donors (Lipinski definition) is 18. The van der Waals surface area contributed by atoms with Crippen LogP contribution in [-0.4, -0.2) is 203 Å². The molecule has 0 spiro atoms. The van der Waals surface area contributed by atoms with Crippen LogP contribution in [0, 0.1) is 11.8 Å². The van der Waals surface area contributed by atoms with E-state index in [0.29, 0.717) is 24.0 Å². The first-order chi connectivity index (χ1) is 41.2. The molecule has 0 aromatic heterocycles. The Kier molecular flexibility index (Phi) is 29.9. The fourth-order valence-corrected chi connectivity index (χ4v) is 9.60. The van der Waals surface area contributed by atoms with E-state index in [2.05, 4.69) is 73.1 Å². The molecule has 12 atom stereocenters. The van der Waals surface area contributed by atoms with Gasteiger partial charge in [0.2, 0.25) is 59.1 Å².